The summed E-state index contributed by atoms with van der Waals surface area (Å²) in [6, 6.07) is 5.97. The lowest BCUT2D eigenvalue weighted by Gasteiger charge is -2.12. The van der Waals surface area contributed by atoms with Crippen molar-refractivity contribution in [3.63, 3.8) is 0 Å². The molecule has 0 saturated heterocycles. The molecule has 0 atom stereocenters. The highest BCUT2D eigenvalue weighted by atomic mass is 79.9. The second-order valence-electron chi connectivity index (χ2n) is 4.52. The molecule has 0 aliphatic heterocycles. The van der Waals surface area contributed by atoms with Gasteiger partial charge in [0.15, 0.2) is 5.75 Å². The number of hydrogen-bond acceptors (Lipinski definition) is 3. The van der Waals surface area contributed by atoms with Crippen molar-refractivity contribution < 1.29 is 4.74 Å². The second kappa shape index (κ2) is 7.96. The summed E-state index contributed by atoms with van der Waals surface area (Å²) in [4.78, 5) is 4.43. The van der Waals surface area contributed by atoms with Crippen LogP contribution in [0.5, 0.6) is 5.75 Å². The molecule has 0 spiro atoms. The van der Waals surface area contributed by atoms with E-state index in [0.29, 0.717) is 6.61 Å². The van der Waals surface area contributed by atoms with Crippen LogP contribution in [0.3, 0.4) is 0 Å². The largest absolute Gasteiger partial charge is 0.490 e. The quantitative estimate of drug-likeness (QED) is 0.692. The van der Waals surface area contributed by atoms with Crippen molar-refractivity contribution in [2.24, 2.45) is 0 Å². The van der Waals surface area contributed by atoms with Gasteiger partial charge in [0, 0.05) is 16.1 Å². The van der Waals surface area contributed by atoms with Crippen LogP contribution in [0, 0.1) is 0 Å². The SMILES string of the molecule is CCCNCCCOc1c(Br)cc(Br)c2cccnc12. The van der Waals surface area contributed by atoms with E-state index in [4.69, 9.17) is 4.74 Å². The van der Waals surface area contributed by atoms with Crippen molar-refractivity contribution in [1.82, 2.24) is 10.3 Å². The molecule has 0 saturated carbocycles. The van der Waals surface area contributed by atoms with Gasteiger partial charge in [-0.05, 0) is 54.0 Å². The molecule has 0 aliphatic rings. The molecule has 2 rings (SSSR count). The van der Waals surface area contributed by atoms with Gasteiger partial charge in [-0.2, -0.15) is 0 Å². The van der Waals surface area contributed by atoms with Crippen molar-refractivity contribution in [2.45, 2.75) is 19.8 Å². The van der Waals surface area contributed by atoms with Crippen LogP contribution in [0.25, 0.3) is 10.9 Å². The zero-order chi connectivity index (χ0) is 14.4. The zero-order valence-corrected chi connectivity index (χ0v) is 14.6. The summed E-state index contributed by atoms with van der Waals surface area (Å²) in [5.74, 6) is 0.819. The van der Waals surface area contributed by atoms with Gasteiger partial charge in [0.2, 0.25) is 0 Å². The number of hydrogen-bond donors (Lipinski definition) is 1. The monoisotopic (exact) mass is 400 g/mol. The third-order valence-corrected chi connectivity index (χ3v) is 4.17. The molecule has 0 radical (unpaired) electrons. The lowest BCUT2D eigenvalue weighted by Crippen LogP contribution is -2.18. The van der Waals surface area contributed by atoms with E-state index in [1.807, 2.05) is 18.2 Å². The van der Waals surface area contributed by atoms with E-state index in [1.165, 1.54) is 0 Å². The fourth-order valence-corrected chi connectivity index (χ4v) is 3.34. The number of ether oxygens (including phenoxy) is 1. The normalized spacial score (nSPS) is 10.9. The van der Waals surface area contributed by atoms with E-state index in [1.54, 1.807) is 6.20 Å². The minimum atomic E-state index is 0.683. The van der Waals surface area contributed by atoms with Gasteiger partial charge in [-0.15, -0.1) is 0 Å². The van der Waals surface area contributed by atoms with E-state index < -0.39 is 0 Å². The molecular formula is C15H18Br2N2O. The zero-order valence-electron chi connectivity index (χ0n) is 11.5. The maximum absolute atomic E-state index is 5.92. The molecule has 0 amide bonds. The molecule has 1 aromatic heterocycles. The summed E-state index contributed by atoms with van der Waals surface area (Å²) < 4.78 is 7.86. The third-order valence-electron chi connectivity index (χ3n) is 2.92. The number of rotatable bonds is 7. The first-order valence-corrected chi connectivity index (χ1v) is 8.39. The fraction of sp³-hybridized carbons (Fsp3) is 0.400. The number of pyridine rings is 1. The molecule has 5 heteroatoms. The Balaban J connectivity index is 2.06. The molecular weight excluding hydrogens is 384 g/mol. The highest BCUT2D eigenvalue weighted by Gasteiger charge is 2.11. The van der Waals surface area contributed by atoms with Gasteiger partial charge < -0.3 is 10.1 Å². The van der Waals surface area contributed by atoms with Crippen LogP contribution in [0.15, 0.2) is 33.3 Å². The predicted octanol–water partition coefficient (Wildman–Crippen LogP) is 4.53. The van der Waals surface area contributed by atoms with Crippen LogP contribution < -0.4 is 10.1 Å². The Bertz CT molecular complexity index is 575. The fourth-order valence-electron chi connectivity index (χ4n) is 1.96. The highest BCUT2D eigenvalue weighted by Crippen LogP contribution is 2.37. The minimum Gasteiger partial charge on any atom is -0.490 e. The van der Waals surface area contributed by atoms with Crippen LogP contribution in [-0.2, 0) is 0 Å². The molecule has 1 N–H and O–H groups in total. The summed E-state index contributed by atoms with van der Waals surface area (Å²) in [6.07, 6.45) is 3.93. The summed E-state index contributed by atoms with van der Waals surface area (Å²) in [6.45, 7) is 4.89. The molecule has 0 bridgehead atoms. The van der Waals surface area contributed by atoms with Crippen LogP contribution in [0.2, 0.25) is 0 Å². The van der Waals surface area contributed by atoms with E-state index in [9.17, 15) is 0 Å². The van der Waals surface area contributed by atoms with Crippen molar-refractivity contribution in [3.05, 3.63) is 33.3 Å². The number of nitrogens with zero attached hydrogens (tertiary/aromatic N) is 1. The van der Waals surface area contributed by atoms with Crippen LogP contribution in [-0.4, -0.2) is 24.7 Å². The third kappa shape index (κ3) is 3.93. The lowest BCUT2D eigenvalue weighted by atomic mass is 10.2. The van der Waals surface area contributed by atoms with E-state index in [2.05, 4.69) is 49.1 Å². The highest BCUT2D eigenvalue weighted by molar-refractivity contribution is 9.11. The topological polar surface area (TPSA) is 34.1 Å². The number of aromatic nitrogens is 1. The Hall–Kier alpha value is -0.650. The average molecular weight is 402 g/mol. The van der Waals surface area contributed by atoms with Crippen molar-refractivity contribution in [2.75, 3.05) is 19.7 Å². The van der Waals surface area contributed by atoms with Crippen molar-refractivity contribution >= 4 is 42.8 Å². The summed E-state index contributed by atoms with van der Waals surface area (Å²) >= 11 is 7.11. The molecule has 20 heavy (non-hydrogen) atoms. The van der Waals surface area contributed by atoms with Gasteiger partial charge in [-0.1, -0.05) is 28.9 Å². The predicted molar refractivity (Wildman–Crippen MR) is 90.4 cm³/mol. The van der Waals surface area contributed by atoms with Gasteiger partial charge in [0.05, 0.1) is 11.1 Å². The molecule has 2 aromatic rings. The Kier molecular flexibility index (Phi) is 6.26. The first-order chi connectivity index (χ1) is 9.74. The van der Waals surface area contributed by atoms with Gasteiger partial charge in [0.25, 0.3) is 0 Å². The van der Waals surface area contributed by atoms with Gasteiger partial charge in [-0.3, -0.25) is 4.98 Å². The standard InChI is InChI=1S/C15H18Br2N2O/c1-2-6-18-7-4-9-20-15-13(17)10-12(16)11-5-3-8-19-14(11)15/h3,5,8,10,18H,2,4,6-7,9H2,1H3. The van der Waals surface area contributed by atoms with Gasteiger partial charge >= 0.3 is 0 Å². The Morgan fingerprint density at radius 3 is 2.90 bits per heavy atom. The minimum absolute atomic E-state index is 0.683. The number of nitrogens with one attached hydrogen (secondary N) is 1. The van der Waals surface area contributed by atoms with Crippen LogP contribution in [0.4, 0.5) is 0 Å². The smallest absolute Gasteiger partial charge is 0.159 e. The first kappa shape index (κ1) is 15.7. The average Bonchev–Trinajstić information content (AvgIpc) is 2.45. The summed E-state index contributed by atoms with van der Waals surface area (Å²) in [7, 11) is 0. The Labute approximate surface area is 136 Å². The second-order valence-corrected chi connectivity index (χ2v) is 6.23. The van der Waals surface area contributed by atoms with Crippen LogP contribution >= 0.6 is 31.9 Å². The van der Waals surface area contributed by atoms with E-state index in [0.717, 1.165) is 51.5 Å². The van der Waals surface area contributed by atoms with Crippen molar-refractivity contribution in [1.29, 1.82) is 0 Å². The summed E-state index contributed by atoms with van der Waals surface area (Å²) in [5, 5.41) is 4.43. The Morgan fingerprint density at radius 2 is 2.10 bits per heavy atom. The molecule has 1 aromatic carbocycles. The summed E-state index contributed by atoms with van der Waals surface area (Å²) in [5.41, 5.74) is 0.885. The molecule has 108 valence electrons. The molecule has 0 aliphatic carbocycles. The molecule has 0 unspecified atom stereocenters. The maximum atomic E-state index is 5.92. The Morgan fingerprint density at radius 1 is 1.25 bits per heavy atom. The van der Waals surface area contributed by atoms with Crippen LogP contribution in [0.1, 0.15) is 19.8 Å². The van der Waals surface area contributed by atoms with Gasteiger partial charge in [0.1, 0.15) is 5.52 Å². The van der Waals surface area contributed by atoms with Gasteiger partial charge in [-0.25, -0.2) is 0 Å². The number of halogens is 2. The molecule has 3 nitrogen and oxygen atoms in total. The molecule has 1 heterocycles. The first-order valence-electron chi connectivity index (χ1n) is 6.80. The van der Waals surface area contributed by atoms with E-state index >= 15 is 0 Å². The van der Waals surface area contributed by atoms with Crippen molar-refractivity contribution in [3.8, 4) is 5.75 Å². The number of fused-ring (bicyclic) bond motifs is 1. The lowest BCUT2D eigenvalue weighted by molar-refractivity contribution is 0.309. The molecule has 0 fully saturated rings. The number of benzene rings is 1. The maximum Gasteiger partial charge on any atom is 0.159 e. The van der Waals surface area contributed by atoms with E-state index in [-0.39, 0.29) is 0 Å².